The number of azo groups is 2. The Labute approximate surface area is 267 Å². The van der Waals surface area contributed by atoms with Crippen LogP contribution in [0.2, 0.25) is 0 Å². The van der Waals surface area contributed by atoms with E-state index in [1.807, 2.05) is 170 Å². The van der Waals surface area contributed by atoms with Crippen LogP contribution in [-0.2, 0) is 0 Å². The van der Waals surface area contributed by atoms with Gasteiger partial charge < -0.3 is 0 Å². The van der Waals surface area contributed by atoms with Crippen molar-refractivity contribution in [3.63, 3.8) is 0 Å². The zero-order valence-corrected chi connectivity index (χ0v) is 24.8. The predicted molar refractivity (Wildman–Crippen MR) is 187 cm³/mol. The quantitative estimate of drug-likeness (QED) is 0.0749. The summed E-state index contributed by atoms with van der Waals surface area (Å²) in [6.45, 7) is 0. The number of hydrogen-bond acceptors (Lipinski definition) is 6. The molecule has 0 aliphatic rings. The van der Waals surface area contributed by atoms with Crippen LogP contribution in [0.4, 0.5) is 22.7 Å². The fourth-order valence-electron chi connectivity index (χ4n) is 4.38. The minimum atomic E-state index is 0.481. The molecule has 0 aliphatic heterocycles. The summed E-state index contributed by atoms with van der Waals surface area (Å²) in [7, 11) is 0. The lowest BCUT2D eigenvalue weighted by molar-refractivity contribution is 1.22. The first kappa shape index (κ1) is 29.5. The monoisotopic (exact) mass is 598 g/mol. The van der Waals surface area contributed by atoms with Gasteiger partial charge in [-0.1, -0.05) is 121 Å². The maximum Gasteiger partial charge on any atom is 0.201 e. The second-order valence-electron chi connectivity index (χ2n) is 10.1. The van der Waals surface area contributed by atoms with Gasteiger partial charge in [0.25, 0.3) is 0 Å². The molecule has 6 rings (SSSR count). The van der Waals surface area contributed by atoms with Gasteiger partial charge in [-0.2, -0.15) is 10.2 Å². The average molecular weight is 599 g/mol. The average Bonchev–Trinajstić information content (AvgIpc) is 3.14. The first-order valence-corrected chi connectivity index (χ1v) is 14.7. The van der Waals surface area contributed by atoms with Crippen molar-refractivity contribution in [3.05, 3.63) is 181 Å². The van der Waals surface area contributed by atoms with Gasteiger partial charge in [-0.15, -0.1) is 20.5 Å². The van der Waals surface area contributed by atoms with E-state index in [9.17, 15) is 0 Å². The standard InChI is InChI=1S/C38H30N8/c1-5-13-31(14-6-1)37(43-39-33-17-9-3-10-18-33)45-41-35-25-21-29(22-26-35)30-23-27-36(28-24-30)42-46-38(32-15-7-2-8-16-32)44-40-34-19-11-4-12-20-34/h1-28,39-40H/b43-37-,44-38+,45-41?,46-42?. The molecule has 0 spiro atoms. The molecule has 0 radical (unpaired) electrons. The number of amidine groups is 2. The Morgan fingerprint density at radius 3 is 1.02 bits per heavy atom. The lowest BCUT2D eigenvalue weighted by atomic mass is 10.1. The van der Waals surface area contributed by atoms with E-state index in [2.05, 4.69) is 41.5 Å². The maximum atomic E-state index is 4.50. The van der Waals surface area contributed by atoms with Crippen molar-refractivity contribution in [2.75, 3.05) is 10.9 Å². The molecule has 46 heavy (non-hydrogen) atoms. The highest BCUT2D eigenvalue weighted by molar-refractivity contribution is 6.00. The highest BCUT2D eigenvalue weighted by Crippen LogP contribution is 2.26. The van der Waals surface area contributed by atoms with Gasteiger partial charge in [0.15, 0.2) is 0 Å². The van der Waals surface area contributed by atoms with Gasteiger partial charge in [0.05, 0.1) is 22.7 Å². The molecule has 222 valence electrons. The summed E-state index contributed by atoms with van der Waals surface area (Å²) >= 11 is 0. The normalized spacial score (nSPS) is 12.0. The Kier molecular flexibility index (Phi) is 9.80. The molecule has 6 aromatic rings. The van der Waals surface area contributed by atoms with E-state index in [1.165, 1.54) is 0 Å². The molecule has 0 saturated carbocycles. The number of rotatable bonds is 9. The predicted octanol–water partition coefficient (Wildman–Crippen LogP) is 10.5. The van der Waals surface area contributed by atoms with Gasteiger partial charge in [0.1, 0.15) is 0 Å². The van der Waals surface area contributed by atoms with Crippen molar-refractivity contribution in [1.29, 1.82) is 0 Å². The number of hydrogen-bond donors (Lipinski definition) is 2. The smallest absolute Gasteiger partial charge is 0.201 e. The molecular formula is C38H30N8. The van der Waals surface area contributed by atoms with E-state index >= 15 is 0 Å². The van der Waals surface area contributed by atoms with Crippen LogP contribution < -0.4 is 10.9 Å². The van der Waals surface area contributed by atoms with Crippen molar-refractivity contribution >= 4 is 34.4 Å². The van der Waals surface area contributed by atoms with Gasteiger partial charge in [-0.25, -0.2) is 0 Å². The van der Waals surface area contributed by atoms with Gasteiger partial charge in [-0.3, -0.25) is 10.9 Å². The van der Waals surface area contributed by atoms with Crippen LogP contribution in [0.25, 0.3) is 11.1 Å². The molecule has 0 fully saturated rings. The van der Waals surface area contributed by atoms with Crippen LogP contribution in [0.3, 0.4) is 0 Å². The Bertz CT molecular complexity index is 1790. The molecule has 0 atom stereocenters. The summed E-state index contributed by atoms with van der Waals surface area (Å²) < 4.78 is 0. The van der Waals surface area contributed by atoms with Gasteiger partial charge in [0.2, 0.25) is 11.7 Å². The van der Waals surface area contributed by atoms with Gasteiger partial charge >= 0.3 is 0 Å². The fraction of sp³-hybridized carbons (Fsp3) is 0. The second-order valence-corrected chi connectivity index (χ2v) is 10.1. The summed E-state index contributed by atoms with van der Waals surface area (Å²) in [5.74, 6) is 0.962. The van der Waals surface area contributed by atoms with Crippen molar-refractivity contribution in [2.24, 2.45) is 30.7 Å². The molecule has 0 aromatic heterocycles. The van der Waals surface area contributed by atoms with Crippen LogP contribution in [-0.4, -0.2) is 11.7 Å². The number of nitrogens with one attached hydrogen (secondary N) is 2. The molecule has 0 saturated heterocycles. The van der Waals surface area contributed by atoms with E-state index in [1.54, 1.807) is 0 Å². The van der Waals surface area contributed by atoms with Crippen molar-refractivity contribution < 1.29 is 0 Å². The second kappa shape index (κ2) is 15.3. The number of hydrazone groups is 2. The molecule has 0 bridgehead atoms. The molecule has 8 nitrogen and oxygen atoms in total. The van der Waals surface area contributed by atoms with Gasteiger partial charge in [0, 0.05) is 11.1 Å². The van der Waals surface area contributed by atoms with Crippen LogP contribution in [0.15, 0.2) is 201 Å². The lowest BCUT2D eigenvalue weighted by Crippen LogP contribution is -2.00. The third-order valence-corrected chi connectivity index (χ3v) is 6.78. The maximum absolute atomic E-state index is 4.50. The van der Waals surface area contributed by atoms with Crippen LogP contribution in [0, 0.1) is 0 Å². The minimum Gasteiger partial charge on any atom is -0.276 e. The third kappa shape index (κ3) is 8.30. The SMILES string of the molecule is c1ccc(N/N=C(\N=Nc2ccc(-c3ccc(N=N/C(=N/Nc4ccccc4)c4ccccc4)cc3)cc2)c2ccccc2)cc1. The first-order chi connectivity index (χ1) is 22.8. The minimum absolute atomic E-state index is 0.481. The largest absolute Gasteiger partial charge is 0.276 e. The summed E-state index contributed by atoms with van der Waals surface area (Å²) in [5.41, 5.74) is 13.1. The number of anilines is 2. The number of para-hydroxylation sites is 2. The zero-order chi connectivity index (χ0) is 31.2. The van der Waals surface area contributed by atoms with E-state index in [4.69, 9.17) is 0 Å². The summed E-state index contributed by atoms with van der Waals surface area (Å²) in [5, 5.41) is 26.8. The fourth-order valence-corrected chi connectivity index (χ4v) is 4.38. The molecule has 0 heterocycles. The van der Waals surface area contributed by atoms with E-state index in [0.29, 0.717) is 23.0 Å². The summed E-state index contributed by atoms with van der Waals surface area (Å²) in [6.07, 6.45) is 0. The highest BCUT2D eigenvalue weighted by atomic mass is 15.3. The molecule has 0 unspecified atom stereocenters. The molecule has 8 heteroatoms. The Morgan fingerprint density at radius 1 is 0.348 bits per heavy atom. The van der Waals surface area contributed by atoms with Crippen molar-refractivity contribution in [3.8, 4) is 11.1 Å². The molecule has 0 amide bonds. The molecule has 6 aromatic carbocycles. The van der Waals surface area contributed by atoms with Gasteiger partial charge in [-0.05, 0) is 59.7 Å². The Balaban J connectivity index is 1.14. The van der Waals surface area contributed by atoms with Crippen molar-refractivity contribution in [1.82, 2.24) is 0 Å². The summed E-state index contributed by atoms with van der Waals surface area (Å²) in [6, 6.07) is 54.8. The summed E-state index contributed by atoms with van der Waals surface area (Å²) in [4.78, 5) is 0. The van der Waals surface area contributed by atoms with Crippen LogP contribution in [0.1, 0.15) is 11.1 Å². The molecule has 2 N–H and O–H groups in total. The highest BCUT2D eigenvalue weighted by Gasteiger charge is 2.05. The zero-order valence-electron chi connectivity index (χ0n) is 24.8. The Morgan fingerprint density at radius 2 is 0.674 bits per heavy atom. The first-order valence-electron chi connectivity index (χ1n) is 14.7. The topological polar surface area (TPSA) is 98.2 Å². The van der Waals surface area contributed by atoms with Crippen LogP contribution >= 0.6 is 0 Å². The Hall–Kier alpha value is -6.54. The number of benzene rings is 6. The molecule has 0 aliphatic carbocycles. The number of nitrogens with zero attached hydrogens (tertiary/aromatic N) is 6. The van der Waals surface area contributed by atoms with Crippen LogP contribution in [0.5, 0.6) is 0 Å². The van der Waals surface area contributed by atoms with Crippen molar-refractivity contribution in [2.45, 2.75) is 0 Å². The lowest BCUT2D eigenvalue weighted by Gasteiger charge is -2.05. The molecular weight excluding hydrogens is 568 g/mol. The van der Waals surface area contributed by atoms with E-state index in [-0.39, 0.29) is 0 Å². The van der Waals surface area contributed by atoms with E-state index in [0.717, 1.165) is 33.6 Å². The third-order valence-electron chi connectivity index (χ3n) is 6.78. The van der Waals surface area contributed by atoms with E-state index < -0.39 is 0 Å².